The average Bonchev–Trinajstić information content (AvgIpc) is 2.84. The Labute approximate surface area is 204 Å². The Morgan fingerprint density at radius 1 is 0.794 bits per heavy atom. The van der Waals surface area contributed by atoms with Gasteiger partial charge in [0.25, 0.3) is 5.91 Å². The second-order valence-corrected chi connectivity index (χ2v) is 8.84. The lowest BCUT2D eigenvalue weighted by Gasteiger charge is -2.10. The van der Waals surface area contributed by atoms with Crippen molar-refractivity contribution in [2.45, 2.75) is 4.90 Å². The van der Waals surface area contributed by atoms with Crippen LogP contribution in [0.2, 0.25) is 5.02 Å². The van der Waals surface area contributed by atoms with Gasteiger partial charge in [-0.1, -0.05) is 48.0 Å². The number of fused-ring (bicyclic) bond motifs is 1. The summed E-state index contributed by atoms with van der Waals surface area (Å²) in [5.41, 5.74) is 1.43. The van der Waals surface area contributed by atoms with Crippen LogP contribution in [0.3, 0.4) is 0 Å². The Bertz CT molecular complexity index is 1410. The van der Waals surface area contributed by atoms with E-state index in [9.17, 15) is 14.4 Å². The van der Waals surface area contributed by atoms with E-state index in [0.717, 1.165) is 15.7 Å². The highest BCUT2D eigenvalue weighted by Gasteiger charge is 2.12. The zero-order valence-electron chi connectivity index (χ0n) is 17.7. The van der Waals surface area contributed by atoms with Crippen LogP contribution >= 0.6 is 23.4 Å². The van der Waals surface area contributed by atoms with E-state index in [2.05, 4.69) is 10.6 Å². The molecule has 4 aromatic rings. The first-order valence-corrected chi connectivity index (χ1v) is 11.6. The highest BCUT2D eigenvalue weighted by molar-refractivity contribution is 8.00. The van der Waals surface area contributed by atoms with Gasteiger partial charge in [0.15, 0.2) is 0 Å². The zero-order chi connectivity index (χ0) is 24.1. The number of carboxylic acid groups (broad SMARTS) is 1. The highest BCUT2D eigenvalue weighted by Crippen LogP contribution is 2.26. The number of amides is 2. The number of benzene rings is 4. The molecule has 0 bridgehead atoms. The standard InChI is InChI=1S/C26H19ClN2O4S/c27-22-11-10-19(26(32)33)13-23(22)29-24(30)15-34-21-7-3-6-20(14-21)28-25(31)18-9-8-16-4-1-2-5-17(16)12-18/h1-14H,15H2,(H,28,31)(H,29,30)(H,32,33). The molecule has 0 atom stereocenters. The second kappa shape index (κ2) is 10.4. The topological polar surface area (TPSA) is 95.5 Å². The number of hydrogen-bond donors (Lipinski definition) is 3. The average molecular weight is 491 g/mol. The van der Waals surface area contributed by atoms with Crippen LogP contribution in [0.5, 0.6) is 0 Å². The van der Waals surface area contributed by atoms with Gasteiger partial charge < -0.3 is 15.7 Å². The number of thioether (sulfide) groups is 1. The van der Waals surface area contributed by atoms with Crippen LogP contribution in [0.25, 0.3) is 10.8 Å². The lowest BCUT2D eigenvalue weighted by atomic mass is 10.1. The highest BCUT2D eigenvalue weighted by atomic mass is 35.5. The quantitative estimate of drug-likeness (QED) is 0.269. The van der Waals surface area contributed by atoms with Crippen LogP contribution in [-0.4, -0.2) is 28.6 Å². The molecule has 0 saturated heterocycles. The van der Waals surface area contributed by atoms with Crippen molar-refractivity contribution >= 4 is 63.3 Å². The molecule has 0 aliphatic carbocycles. The maximum Gasteiger partial charge on any atom is 0.335 e. The molecule has 0 fully saturated rings. The third-order valence-corrected chi connectivity index (χ3v) is 6.28. The number of anilines is 2. The van der Waals surface area contributed by atoms with Gasteiger partial charge in [-0.3, -0.25) is 9.59 Å². The van der Waals surface area contributed by atoms with Crippen molar-refractivity contribution < 1.29 is 19.5 Å². The number of nitrogens with one attached hydrogen (secondary N) is 2. The molecule has 4 aromatic carbocycles. The van der Waals surface area contributed by atoms with Gasteiger partial charge in [0, 0.05) is 16.1 Å². The van der Waals surface area contributed by atoms with Crippen LogP contribution in [0.1, 0.15) is 20.7 Å². The molecular formula is C26H19ClN2O4S. The Morgan fingerprint density at radius 3 is 2.35 bits per heavy atom. The Balaban J connectivity index is 1.37. The van der Waals surface area contributed by atoms with Gasteiger partial charge >= 0.3 is 5.97 Å². The molecular weight excluding hydrogens is 472 g/mol. The van der Waals surface area contributed by atoms with E-state index in [1.165, 1.54) is 30.0 Å². The minimum Gasteiger partial charge on any atom is -0.478 e. The second-order valence-electron chi connectivity index (χ2n) is 7.38. The molecule has 2 amide bonds. The summed E-state index contributed by atoms with van der Waals surface area (Å²) < 4.78 is 0. The molecule has 3 N–H and O–H groups in total. The fraction of sp³-hybridized carbons (Fsp3) is 0.0385. The first kappa shape index (κ1) is 23.4. The third-order valence-electron chi connectivity index (χ3n) is 4.96. The van der Waals surface area contributed by atoms with Crippen molar-refractivity contribution in [3.05, 3.63) is 101 Å². The number of halogens is 1. The zero-order valence-corrected chi connectivity index (χ0v) is 19.3. The summed E-state index contributed by atoms with van der Waals surface area (Å²) in [6.07, 6.45) is 0. The molecule has 170 valence electrons. The molecule has 8 heteroatoms. The van der Waals surface area contributed by atoms with Crippen molar-refractivity contribution in [2.75, 3.05) is 16.4 Å². The van der Waals surface area contributed by atoms with E-state index >= 15 is 0 Å². The number of rotatable bonds is 7. The van der Waals surface area contributed by atoms with Gasteiger partial charge in [0.05, 0.1) is 22.0 Å². The summed E-state index contributed by atoms with van der Waals surface area (Å²) in [5.74, 6) is -1.59. The Kier molecular flexibility index (Phi) is 7.15. The van der Waals surface area contributed by atoms with Crippen molar-refractivity contribution in [1.82, 2.24) is 0 Å². The maximum absolute atomic E-state index is 12.7. The van der Waals surface area contributed by atoms with Crippen LogP contribution < -0.4 is 10.6 Å². The van der Waals surface area contributed by atoms with E-state index in [0.29, 0.717) is 11.3 Å². The summed E-state index contributed by atoms with van der Waals surface area (Å²) in [4.78, 5) is 37.0. The van der Waals surface area contributed by atoms with Crippen molar-refractivity contribution in [3.63, 3.8) is 0 Å². The minimum absolute atomic E-state index is 0.0298. The molecule has 0 heterocycles. The summed E-state index contributed by atoms with van der Waals surface area (Å²) >= 11 is 7.34. The molecule has 0 radical (unpaired) electrons. The van der Waals surface area contributed by atoms with E-state index in [4.69, 9.17) is 16.7 Å². The number of aromatic carboxylic acids is 1. The molecule has 0 saturated carbocycles. The van der Waals surface area contributed by atoms with E-state index in [1.54, 1.807) is 24.3 Å². The molecule has 0 aliphatic rings. The van der Waals surface area contributed by atoms with Gasteiger partial charge in [0.2, 0.25) is 5.91 Å². The van der Waals surface area contributed by atoms with Gasteiger partial charge in [0.1, 0.15) is 0 Å². The molecule has 6 nitrogen and oxygen atoms in total. The van der Waals surface area contributed by atoms with Gasteiger partial charge in [-0.2, -0.15) is 0 Å². The normalized spacial score (nSPS) is 10.6. The molecule has 0 spiro atoms. The fourth-order valence-corrected chi connectivity index (χ4v) is 4.21. The number of carboxylic acids is 1. The lowest BCUT2D eigenvalue weighted by Crippen LogP contribution is -2.15. The van der Waals surface area contributed by atoms with Crippen molar-refractivity contribution in [3.8, 4) is 0 Å². The van der Waals surface area contributed by atoms with E-state index in [-0.39, 0.29) is 33.8 Å². The van der Waals surface area contributed by atoms with Crippen molar-refractivity contribution in [2.24, 2.45) is 0 Å². The maximum atomic E-state index is 12.7. The number of hydrogen-bond acceptors (Lipinski definition) is 4. The lowest BCUT2D eigenvalue weighted by molar-refractivity contribution is -0.113. The molecule has 0 aromatic heterocycles. The SMILES string of the molecule is O=C(CSc1cccc(NC(=O)c2ccc3ccccc3c2)c1)Nc1cc(C(=O)O)ccc1Cl. The van der Waals surface area contributed by atoms with Crippen LogP contribution in [-0.2, 0) is 4.79 Å². The van der Waals surface area contributed by atoms with E-state index in [1.807, 2.05) is 42.5 Å². The Morgan fingerprint density at radius 2 is 1.56 bits per heavy atom. The van der Waals surface area contributed by atoms with Crippen LogP contribution in [0.4, 0.5) is 11.4 Å². The number of carbonyl (C=O) groups is 3. The summed E-state index contributed by atoms with van der Waals surface area (Å²) in [6.45, 7) is 0. The molecule has 34 heavy (non-hydrogen) atoms. The predicted octanol–water partition coefficient (Wildman–Crippen LogP) is 6.17. The van der Waals surface area contributed by atoms with Crippen LogP contribution in [0, 0.1) is 0 Å². The van der Waals surface area contributed by atoms with Gasteiger partial charge in [-0.15, -0.1) is 11.8 Å². The summed E-state index contributed by atoms with van der Waals surface area (Å²) in [5, 5.41) is 16.9. The monoisotopic (exact) mass is 490 g/mol. The Hall–Kier alpha value is -3.81. The largest absolute Gasteiger partial charge is 0.478 e. The fourth-order valence-electron chi connectivity index (χ4n) is 3.29. The minimum atomic E-state index is -1.11. The molecule has 4 rings (SSSR count). The molecule has 0 unspecified atom stereocenters. The first-order chi connectivity index (χ1) is 16.4. The van der Waals surface area contributed by atoms with Gasteiger partial charge in [-0.25, -0.2) is 4.79 Å². The van der Waals surface area contributed by atoms with Gasteiger partial charge in [-0.05, 0) is 59.3 Å². The third kappa shape index (κ3) is 5.75. The first-order valence-electron chi connectivity index (χ1n) is 10.2. The summed E-state index contributed by atoms with van der Waals surface area (Å²) in [6, 6.07) is 24.7. The summed E-state index contributed by atoms with van der Waals surface area (Å²) in [7, 11) is 0. The van der Waals surface area contributed by atoms with Crippen molar-refractivity contribution in [1.29, 1.82) is 0 Å². The van der Waals surface area contributed by atoms with E-state index < -0.39 is 5.97 Å². The van der Waals surface area contributed by atoms with Crippen LogP contribution in [0.15, 0.2) is 89.8 Å². The predicted molar refractivity (Wildman–Crippen MR) is 136 cm³/mol. The number of carbonyl (C=O) groups excluding carboxylic acids is 2. The smallest absolute Gasteiger partial charge is 0.335 e. The molecule has 0 aliphatic heterocycles.